The minimum atomic E-state index is -0.00137. The van der Waals surface area contributed by atoms with Crippen molar-refractivity contribution in [1.29, 1.82) is 0 Å². The van der Waals surface area contributed by atoms with Crippen molar-refractivity contribution in [2.24, 2.45) is 0 Å². The smallest absolute Gasteiger partial charge is 0.0620 e. The summed E-state index contributed by atoms with van der Waals surface area (Å²) in [6.45, 7) is 28.0. The fraction of sp³-hybridized carbons (Fsp3) is 0.182. The van der Waals surface area contributed by atoms with Gasteiger partial charge in [0, 0.05) is 92.5 Å². The molecule has 5 nitrogen and oxygen atoms in total. The molecule has 0 fully saturated rings. The summed E-state index contributed by atoms with van der Waals surface area (Å²) in [5.74, 6) is 0. The SMILES string of the molecule is CC(C)(C)c1ccc2c(c1)c1cc(C(C)(C)C)cc3c4cc5c(cc4n2c13)c1cc2c(cc1n5-c1ccccc1)c1cc(C(C)(C)C)cc3c4cc(C(C)(C)C)ccc4n2c31.c1ccc(-n2c3ccccc3c3cc4c(cc32)c2ccccc2n4-c2ccccc2)cc1. The third-order valence-electron chi connectivity index (χ3n) is 20.8. The van der Waals surface area contributed by atoms with E-state index in [2.05, 4.69) is 342 Å². The predicted octanol–water partition coefficient (Wildman–Crippen LogP) is 24.2. The van der Waals surface area contributed by atoms with E-state index >= 15 is 0 Å². The zero-order chi connectivity index (χ0) is 63.5. The van der Waals surface area contributed by atoms with Crippen LogP contribution in [0, 0.1) is 0 Å². The molecule has 0 amide bonds. The van der Waals surface area contributed by atoms with Gasteiger partial charge in [0.25, 0.3) is 0 Å². The van der Waals surface area contributed by atoms with Crippen LogP contribution in [0.25, 0.3) is 159 Å². The summed E-state index contributed by atoms with van der Waals surface area (Å²) in [7, 11) is 0. The second kappa shape index (κ2) is 19.1. The number of para-hydroxylation sites is 5. The Morgan fingerprint density at radius 3 is 0.753 bits per heavy atom. The Labute approximate surface area is 541 Å². The average molecular weight is 1200 g/mol. The summed E-state index contributed by atoms with van der Waals surface area (Å²) in [5, 5.41) is 18.3. The maximum atomic E-state index is 2.58. The van der Waals surface area contributed by atoms with Crippen LogP contribution in [0.3, 0.4) is 0 Å². The lowest BCUT2D eigenvalue weighted by Gasteiger charge is -2.20. The molecule has 0 unspecified atom stereocenters. The Kier molecular flexibility index (Phi) is 11.4. The van der Waals surface area contributed by atoms with Gasteiger partial charge in [-0.3, -0.25) is 0 Å². The second-order valence-corrected chi connectivity index (χ2v) is 30.7. The lowest BCUT2D eigenvalue weighted by atomic mass is 9.84. The lowest BCUT2D eigenvalue weighted by molar-refractivity contribution is 0.590. The number of rotatable bonds is 3. The molecule has 7 aromatic heterocycles. The molecule has 0 aliphatic heterocycles. The van der Waals surface area contributed by atoms with E-state index in [4.69, 9.17) is 0 Å². The maximum Gasteiger partial charge on any atom is 0.0620 e. The van der Waals surface area contributed by atoms with Crippen LogP contribution >= 0.6 is 0 Å². The zero-order valence-electron chi connectivity index (χ0n) is 55.3. The minimum absolute atomic E-state index is 0.00137. The standard InChI is InChI=1S/C58H55N3.C30H20N2/c1-55(2,3)32-18-20-47-37(22-32)43-24-34(57(7,8)9)26-45-41-30-49-39(28-51(41)60(47)53(43)45)40-29-52-42(31-50(40)59(49)36-16-14-13-15-17-36)46-27-35(58(10,11)12)25-44-38-23-33(56(4,5)6)19-21-48(38)61(52)54(44)46;1-3-11-21(12-4-1)31-27-17-9-7-15-23(27)25-20-30-26(19-29(25)31)24-16-8-10-18-28(24)32(30)22-13-5-2-6-14-22/h13-31H,1-12H3;1-20H. The minimum Gasteiger partial charge on any atom is -0.309 e. The van der Waals surface area contributed by atoms with Crippen LogP contribution in [0.1, 0.15) is 105 Å². The molecule has 12 aromatic carbocycles. The second-order valence-electron chi connectivity index (χ2n) is 30.7. The summed E-state index contributed by atoms with van der Waals surface area (Å²) in [6, 6.07) is 88.9. The van der Waals surface area contributed by atoms with Crippen LogP contribution in [-0.2, 0) is 21.7 Å². The van der Waals surface area contributed by atoms with Crippen LogP contribution in [-0.4, -0.2) is 22.5 Å². The number of hydrogen-bond acceptors (Lipinski definition) is 0. The molecule has 93 heavy (non-hydrogen) atoms. The van der Waals surface area contributed by atoms with Gasteiger partial charge in [0.15, 0.2) is 0 Å². The first-order valence-electron chi connectivity index (χ1n) is 33.2. The Hall–Kier alpha value is -10.4. The number of aromatic nitrogens is 5. The third-order valence-corrected chi connectivity index (χ3v) is 20.8. The van der Waals surface area contributed by atoms with Crippen molar-refractivity contribution >= 4 is 142 Å². The Balaban J connectivity index is 0.000000166. The molecule has 7 heterocycles. The van der Waals surface area contributed by atoms with E-state index in [9.17, 15) is 0 Å². The monoisotopic (exact) mass is 1200 g/mol. The first-order chi connectivity index (χ1) is 44.7. The highest BCUT2D eigenvalue weighted by molar-refractivity contribution is 6.30. The number of fused-ring (bicyclic) bond motifs is 21. The summed E-state index contributed by atoms with van der Waals surface area (Å²) < 4.78 is 12.5. The summed E-state index contributed by atoms with van der Waals surface area (Å²) >= 11 is 0. The van der Waals surface area contributed by atoms with Gasteiger partial charge in [-0.1, -0.05) is 186 Å². The van der Waals surface area contributed by atoms with Gasteiger partial charge < -0.3 is 22.5 Å². The highest BCUT2D eigenvalue weighted by Crippen LogP contribution is 2.49. The highest BCUT2D eigenvalue weighted by Gasteiger charge is 2.29. The molecular formula is C88H75N5. The topological polar surface area (TPSA) is 23.6 Å². The molecule has 5 heteroatoms. The van der Waals surface area contributed by atoms with E-state index in [1.165, 1.54) is 181 Å². The van der Waals surface area contributed by atoms with Crippen molar-refractivity contribution in [3.8, 4) is 17.1 Å². The van der Waals surface area contributed by atoms with Crippen LogP contribution in [0.4, 0.5) is 0 Å². The number of benzene rings is 12. The molecule has 0 spiro atoms. The van der Waals surface area contributed by atoms with E-state index in [0.29, 0.717) is 0 Å². The molecule has 19 rings (SSSR count). The fourth-order valence-electron chi connectivity index (χ4n) is 15.9. The first-order valence-corrected chi connectivity index (χ1v) is 33.2. The fourth-order valence-corrected chi connectivity index (χ4v) is 15.9. The average Bonchev–Trinajstić information content (AvgIpc) is 1.53. The molecule has 0 aliphatic carbocycles. The largest absolute Gasteiger partial charge is 0.309 e. The van der Waals surface area contributed by atoms with Crippen LogP contribution in [0.2, 0.25) is 0 Å². The molecule has 19 aromatic rings. The summed E-state index contributed by atoms with van der Waals surface area (Å²) in [5.41, 5.74) is 24.3. The highest BCUT2D eigenvalue weighted by atomic mass is 15.0. The lowest BCUT2D eigenvalue weighted by Crippen LogP contribution is -2.11. The van der Waals surface area contributed by atoms with E-state index in [0.717, 1.165) is 0 Å². The van der Waals surface area contributed by atoms with E-state index in [1.54, 1.807) is 0 Å². The predicted molar refractivity (Wildman–Crippen MR) is 400 cm³/mol. The normalized spacial score (nSPS) is 13.2. The molecular weight excluding hydrogens is 1130 g/mol. The van der Waals surface area contributed by atoms with Gasteiger partial charge in [-0.05, 0) is 177 Å². The summed E-state index contributed by atoms with van der Waals surface area (Å²) in [6.07, 6.45) is 0. The molecule has 0 saturated heterocycles. The molecule has 0 N–H and O–H groups in total. The molecule has 452 valence electrons. The molecule has 0 bridgehead atoms. The maximum absolute atomic E-state index is 2.58. The van der Waals surface area contributed by atoms with Crippen molar-refractivity contribution in [2.75, 3.05) is 0 Å². The van der Waals surface area contributed by atoms with Crippen molar-refractivity contribution in [2.45, 2.75) is 105 Å². The molecule has 0 radical (unpaired) electrons. The van der Waals surface area contributed by atoms with Crippen molar-refractivity contribution in [3.63, 3.8) is 0 Å². The van der Waals surface area contributed by atoms with Gasteiger partial charge in [0.2, 0.25) is 0 Å². The Bertz CT molecular complexity index is 5920. The number of hydrogen-bond donors (Lipinski definition) is 0. The Morgan fingerprint density at radius 2 is 0.430 bits per heavy atom. The first kappa shape index (κ1) is 55.5. The Morgan fingerprint density at radius 1 is 0.183 bits per heavy atom. The van der Waals surface area contributed by atoms with Crippen LogP contribution in [0.15, 0.2) is 237 Å². The molecule has 0 atom stereocenters. The van der Waals surface area contributed by atoms with Gasteiger partial charge in [-0.15, -0.1) is 0 Å². The van der Waals surface area contributed by atoms with Gasteiger partial charge in [-0.2, -0.15) is 0 Å². The van der Waals surface area contributed by atoms with Gasteiger partial charge >= 0.3 is 0 Å². The van der Waals surface area contributed by atoms with Crippen LogP contribution < -0.4 is 0 Å². The van der Waals surface area contributed by atoms with Crippen molar-refractivity contribution < 1.29 is 0 Å². The van der Waals surface area contributed by atoms with Gasteiger partial charge in [0.05, 0.1) is 66.2 Å². The molecule has 0 aliphatic rings. The van der Waals surface area contributed by atoms with Crippen molar-refractivity contribution in [3.05, 3.63) is 259 Å². The van der Waals surface area contributed by atoms with Gasteiger partial charge in [-0.25, -0.2) is 0 Å². The van der Waals surface area contributed by atoms with E-state index in [-0.39, 0.29) is 21.7 Å². The number of nitrogens with zero attached hydrogens (tertiary/aromatic N) is 5. The summed E-state index contributed by atoms with van der Waals surface area (Å²) in [4.78, 5) is 0. The third kappa shape index (κ3) is 8.05. The quantitative estimate of drug-likeness (QED) is 0.168. The van der Waals surface area contributed by atoms with Gasteiger partial charge in [0.1, 0.15) is 0 Å². The van der Waals surface area contributed by atoms with Crippen molar-refractivity contribution in [1.82, 2.24) is 22.5 Å². The van der Waals surface area contributed by atoms with E-state index in [1.807, 2.05) is 0 Å². The van der Waals surface area contributed by atoms with E-state index < -0.39 is 0 Å². The zero-order valence-corrected chi connectivity index (χ0v) is 55.3. The molecule has 0 saturated carbocycles. The van der Waals surface area contributed by atoms with Crippen LogP contribution in [0.5, 0.6) is 0 Å².